The first-order valence-corrected chi connectivity index (χ1v) is 4.99. The van der Waals surface area contributed by atoms with Crippen molar-refractivity contribution in [1.82, 2.24) is 0 Å². The van der Waals surface area contributed by atoms with Crippen molar-refractivity contribution in [2.75, 3.05) is 0 Å². The van der Waals surface area contributed by atoms with Crippen molar-refractivity contribution in [3.05, 3.63) is 21.9 Å². The summed E-state index contributed by atoms with van der Waals surface area (Å²) >= 11 is 1.56. The molecule has 0 aliphatic heterocycles. The van der Waals surface area contributed by atoms with Crippen LogP contribution in [0.2, 0.25) is 0 Å². The molecule has 1 aromatic heterocycles. The molecule has 1 saturated carbocycles. The Labute approximate surface area is 75.6 Å². The van der Waals surface area contributed by atoms with E-state index in [-0.39, 0.29) is 6.04 Å². The average Bonchev–Trinajstić information content (AvgIpc) is 2.82. The molecule has 1 aromatic rings. The van der Waals surface area contributed by atoms with Crippen LogP contribution >= 0.6 is 11.3 Å². The Morgan fingerprint density at radius 3 is 2.92 bits per heavy atom. The SMILES string of the molecule is N#Cc1cscc1[C@H](N)C1CC1. The molecule has 0 radical (unpaired) electrons. The third kappa shape index (κ3) is 1.24. The number of nitrogens with zero attached hydrogens (tertiary/aromatic N) is 1. The Morgan fingerprint density at radius 2 is 2.33 bits per heavy atom. The zero-order chi connectivity index (χ0) is 8.55. The number of nitriles is 1. The van der Waals surface area contributed by atoms with Crippen molar-refractivity contribution < 1.29 is 0 Å². The largest absolute Gasteiger partial charge is 0.324 e. The molecule has 0 bridgehead atoms. The summed E-state index contributed by atoms with van der Waals surface area (Å²) in [6.45, 7) is 0. The van der Waals surface area contributed by atoms with E-state index in [1.54, 1.807) is 11.3 Å². The van der Waals surface area contributed by atoms with Crippen molar-refractivity contribution in [3.63, 3.8) is 0 Å². The van der Waals surface area contributed by atoms with Crippen LogP contribution in [0.5, 0.6) is 0 Å². The third-order valence-electron chi connectivity index (χ3n) is 2.30. The van der Waals surface area contributed by atoms with Gasteiger partial charge in [-0.3, -0.25) is 0 Å². The fourth-order valence-corrected chi connectivity index (χ4v) is 2.19. The minimum atomic E-state index is 0.103. The molecule has 0 spiro atoms. The van der Waals surface area contributed by atoms with Gasteiger partial charge in [-0.1, -0.05) is 0 Å². The molecule has 2 rings (SSSR count). The summed E-state index contributed by atoms with van der Waals surface area (Å²) in [4.78, 5) is 0. The number of nitrogens with two attached hydrogens (primary N) is 1. The van der Waals surface area contributed by atoms with Gasteiger partial charge in [0.15, 0.2) is 0 Å². The Kier molecular flexibility index (Phi) is 1.87. The second-order valence-electron chi connectivity index (χ2n) is 3.22. The lowest BCUT2D eigenvalue weighted by Crippen LogP contribution is -2.12. The highest BCUT2D eigenvalue weighted by atomic mass is 32.1. The fraction of sp³-hybridized carbons (Fsp3) is 0.444. The van der Waals surface area contributed by atoms with Crippen LogP contribution in [-0.4, -0.2) is 0 Å². The summed E-state index contributed by atoms with van der Waals surface area (Å²) in [6, 6.07) is 2.27. The summed E-state index contributed by atoms with van der Waals surface area (Å²) < 4.78 is 0. The molecule has 62 valence electrons. The number of hydrogen-bond acceptors (Lipinski definition) is 3. The topological polar surface area (TPSA) is 49.8 Å². The zero-order valence-corrected chi connectivity index (χ0v) is 7.47. The van der Waals surface area contributed by atoms with E-state index < -0.39 is 0 Å². The molecule has 0 aromatic carbocycles. The van der Waals surface area contributed by atoms with E-state index in [9.17, 15) is 0 Å². The van der Waals surface area contributed by atoms with Gasteiger partial charge in [0.1, 0.15) is 6.07 Å². The predicted octanol–water partition coefficient (Wildman–Crippen LogP) is 2.03. The van der Waals surface area contributed by atoms with E-state index in [1.165, 1.54) is 12.8 Å². The molecule has 1 aliphatic carbocycles. The van der Waals surface area contributed by atoms with Crippen LogP contribution in [0.4, 0.5) is 0 Å². The molecular formula is C9H10N2S. The summed E-state index contributed by atoms with van der Waals surface area (Å²) in [5.41, 5.74) is 7.79. The molecule has 0 saturated heterocycles. The van der Waals surface area contributed by atoms with E-state index in [2.05, 4.69) is 6.07 Å². The quantitative estimate of drug-likeness (QED) is 0.753. The maximum absolute atomic E-state index is 8.76. The van der Waals surface area contributed by atoms with Crippen LogP contribution in [0.15, 0.2) is 10.8 Å². The lowest BCUT2D eigenvalue weighted by Gasteiger charge is -2.07. The normalized spacial score (nSPS) is 18.7. The monoisotopic (exact) mass is 178 g/mol. The van der Waals surface area contributed by atoms with Crippen LogP contribution < -0.4 is 5.73 Å². The first kappa shape index (κ1) is 7.78. The van der Waals surface area contributed by atoms with E-state index >= 15 is 0 Å². The Hall–Kier alpha value is -0.850. The van der Waals surface area contributed by atoms with Gasteiger partial charge >= 0.3 is 0 Å². The lowest BCUT2D eigenvalue weighted by atomic mass is 10.0. The molecular weight excluding hydrogens is 168 g/mol. The first-order chi connectivity index (χ1) is 5.83. The second kappa shape index (κ2) is 2.89. The van der Waals surface area contributed by atoms with Crippen LogP contribution in [0, 0.1) is 17.2 Å². The van der Waals surface area contributed by atoms with Gasteiger partial charge in [-0.25, -0.2) is 0 Å². The van der Waals surface area contributed by atoms with Crippen molar-refractivity contribution >= 4 is 11.3 Å². The van der Waals surface area contributed by atoms with Gasteiger partial charge in [-0.15, -0.1) is 0 Å². The van der Waals surface area contributed by atoms with E-state index in [0.29, 0.717) is 5.92 Å². The molecule has 1 heterocycles. The van der Waals surface area contributed by atoms with E-state index in [0.717, 1.165) is 11.1 Å². The highest BCUT2D eigenvalue weighted by Gasteiger charge is 2.31. The van der Waals surface area contributed by atoms with Gasteiger partial charge in [0.25, 0.3) is 0 Å². The predicted molar refractivity (Wildman–Crippen MR) is 48.7 cm³/mol. The molecule has 1 aliphatic rings. The van der Waals surface area contributed by atoms with Crippen molar-refractivity contribution in [2.45, 2.75) is 18.9 Å². The molecule has 1 fully saturated rings. The Morgan fingerprint density at radius 1 is 1.58 bits per heavy atom. The summed E-state index contributed by atoms with van der Waals surface area (Å²) in [5.74, 6) is 0.631. The van der Waals surface area contributed by atoms with Crippen LogP contribution in [0.25, 0.3) is 0 Å². The van der Waals surface area contributed by atoms with Crippen molar-refractivity contribution in [3.8, 4) is 6.07 Å². The maximum Gasteiger partial charge on any atom is 0.100 e. The first-order valence-electron chi connectivity index (χ1n) is 4.04. The van der Waals surface area contributed by atoms with Gasteiger partial charge < -0.3 is 5.73 Å². The molecule has 1 atom stereocenters. The van der Waals surface area contributed by atoms with Crippen LogP contribution in [0.3, 0.4) is 0 Å². The van der Waals surface area contributed by atoms with Gasteiger partial charge in [0, 0.05) is 11.4 Å². The lowest BCUT2D eigenvalue weighted by molar-refractivity contribution is 0.634. The summed E-state index contributed by atoms with van der Waals surface area (Å²) in [7, 11) is 0. The highest BCUT2D eigenvalue weighted by Crippen LogP contribution is 2.40. The van der Waals surface area contributed by atoms with Gasteiger partial charge in [0.05, 0.1) is 5.56 Å². The molecule has 0 unspecified atom stereocenters. The Balaban J connectivity index is 2.26. The second-order valence-corrected chi connectivity index (χ2v) is 3.96. The smallest absolute Gasteiger partial charge is 0.100 e. The zero-order valence-electron chi connectivity index (χ0n) is 6.66. The Bertz CT molecular complexity index is 320. The highest BCUT2D eigenvalue weighted by molar-refractivity contribution is 7.08. The van der Waals surface area contributed by atoms with E-state index in [1.807, 2.05) is 10.8 Å². The summed E-state index contributed by atoms with van der Waals surface area (Å²) in [5, 5.41) is 12.6. The van der Waals surface area contributed by atoms with Crippen molar-refractivity contribution in [2.24, 2.45) is 11.7 Å². The minimum Gasteiger partial charge on any atom is -0.324 e. The summed E-state index contributed by atoms with van der Waals surface area (Å²) in [6.07, 6.45) is 2.45. The molecule has 0 amide bonds. The fourth-order valence-electron chi connectivity index (χ4n) is 1.37. The number of rotatable bonds is 2. The van der Waals surface area contributed by atoms with Crippen molar-refractivity contribution in [1.29, 1.82) is 5.26 Å². The number of thiophene rings is 1. The average molecular weight is 178 g/mol. The van der Waals surface area contributed by atoms with Crippen LogP contribution in [0.1, 0.15) is 30.0 Å². The number of hydrogen-bond donors (Lipinski definition) is 1. The molecule has 2 N–H and O–H groups in total. The van der Waals surface area contributed by atoms with E-state index in [4.69, 9.17) is 11.0 Å². The molecule has 2 nitrogen and oxygen atoms in total. The minimum absolute atomic E-state index is 0.103. The third-order valence-corrected chi connectivity index (χ3v) is 3.06. The van der Waals surface area contributed by atoms with Gasteiger partial charge in [-0.05, 0) is 29.7 Å². The standard InChI is InChI=1S/C9H10N2S/c10-3-7-4-12-5-8(7)9(11)6-1-2-6/h4-6,9H,1-2,11H2/t9-/m1/s1. The van der Waals surface area contributed by atoms with Gasteiger partial charge in [0.2, 0.25) is 0 Å². The maximum atomic E-state index is 8.76. The molecule has 12 heavy (non-hydrogen) atoms. The van der Waals surface area contributed by atoms with Gasteiger partial charge in [-0.2, -0.15) is 16.6 Å². The van der Waals surface area contributed by atoms with Crippen LogP contribution in [-0.2, 0) is 0 Å². The molecule has 3 heteroatoms.